The van der Waals surface area contributed by atoms with Crippen LogP contribution in [0.4, 0.5) is 42.6 Å². The number of hydrogen-bond acceptors (Lipinski definition) is 5. The van der Waals surface area contributed by atoms with Gasteiger partial charge in [-0.05, 0) is 36.8 Å². The second-order valence-corrected chi connectivity index (χ2v) is 8.78. The monoisotopic (exact) mass is 497 g/mol. The van der Waals surface area contributed by atoms with Crippen LogP contribution in [0.25, 0.3) is 0 Å². The highest BCUT2D eigenvalue weighted by Crippen LogP contribution is 2.37. The summed E-state index contributed by atoms with van der Waals surface area (Å²) in [4.78, 5) is 17.7. The number of alkyl halides is 6. The van der Waals surface area contributed by atoms with Gasteiger partial charge in [-0.25, -0.2) is 23.3 Å². The molecule has 8 nitrogen and oxygen atoms in total. The number of aromatic nitrogens is 1. The Balaban J connectivity index is 1.66. The highest BCUT2D eigenvalue weighted by molar-refractivity contribution is 7.89. The minimum Gasteiger partial charge on any atom is -0.354 e. The summed E-state index contributed by atoms with van der Waals surface area (Å²) in [6.07, 6.45) is -8.59. The first-order valence-electron chi connectivity index (χ1n) is 9.24. The molecule has 0 radical (unpaired) electrons. The number of halogens is 6. The lowest BCUT2D eigenvalue weighted by Gasteiger charge is -2.19. The summed E-state index contributed by atoms with van der Waals surface area (Å²) in [6.45, 7) is 0.639. The first-order chi connectivity index (χ1) is 15.1. The van der Waals surface area contributed by atoms with Gasteiger partial charge in [-0.3, -0.25) is 0 Å². The van der Waals surface area contributed by atoms with Gasteiger partial charge < -0.3 is 15.5 Å². The SMILES string of the molecule is NS(=O)(=O)c1ccc(N2CC[C@@H](NC(=O)Nc3cc(C(F)(F)F)cc(C(F)(F)F)c3)C2)nc1. The molecule has 1 aliphatic heterocycles. The lowest BCUT2D eigenvalue weighted by atomic mass is 10.1. The highest BCUT2D eigenvalue weighted by Gasteiger charge is 2.37. The molecule has 1 aromatic carbocycles. The molecule has 1 aromatic heterocycles. The molecular formula is C18H17F6N5O3S. The van der Waals surface area contributed by atoms with Crippen LogP contribution in [0.1, 0.15) is 17.5 Å². The topological polar surface area (TPSA) is 117 Å². The van der Waals surface area contributed by atoms with E-state index in [-0.39, 0.29) is 17.5 Å². The normalized spacial score (nSPS) is 17.2. The number of benzene rings is 1. The van der Waals surface area contributed by atoms with Crippen molar-refractivity contribution in [2.24, 2.45) is 5.14 Å². The molecular weight excluding hydrogens is 480 g/mol. The third kappa shape index (κ3) is 6.25. The van der Waals surface area contributed by atoms with Gasteiger partial charge in [0.15, 0.2) is 0 Å². The number of nitrogens with zero attached hydrogens (tertiary/aromatic N) is 2. The second kappa shape index (κ2) is 8.70. The molecule has 33 heavy (non-hydrogen) atoms. The van der Waals surface area contributed by atoms with Crippen LogP contribution in [0.2, 0.25) is 0 Å². The third-order valence-corrected chi connectivity index (χ3v) is 5.64. The number of carbonyl (C=O) groups is 1. The van der Waals surface area contributed by atoms with E-state index in [2.05, 4.69) is 10.3 Å². The number of carbonyl (C=O) groups excluding carboxylic acids is 1. The number of primary sulfonamides is 1. The highest BCUT2D eigenvalue weighted by atomic mass is 32.2. The Morgan fingerprint density at radius 1 is 1.06 bits per heavy atom. The number of hydrogen-bond donors (Lipinski definition) is 3. The Morgan fingerprint density at radius 3 is 2.15 bits per heavy atom. The molecule has 0 bridgehead atoms. The van der Waals surface area contributed by atoms with Crippen LogP contribution >= 0.6 is 0 Å². The molecule has 2 heterocycles. The van der Waals surface area contributed by atoms with E-state index in [0.717, 1.165) is 6.20 Å². The van der Waals surface area contributed by atoms with Crippen LogP contribution in [0.3, 0.4) is 0 Å². The molecule has 1 atom stereocenters. The average Bonchev–Trinajstić information content (AvgIpc) is 3.14. The van der Waals surface area contributed by atoms with Gasteiger partial charge in [0.05, 0.1) is 11.1 Å². The minimum atomic E-state index is -5.04. The van der Waals surface area contributed by atoms with Crippen molar-refractivity contribution in [3.8, 4) is 0 Å². The number of anilines is 2. The largest absolute Gasteiger partial charge is 0.416 e. The van der Waals surface area contributed by atoms with Crippen LogP contribution < -0.4 is 20.7 Å². The summed E-state index contributed by atoms with van der Waals surface area (Å²) < 4.78 is 100. The molecule has 0 aliphatic carbocycles. The van der Waals surface area contributed by atoms with Crippen molar-refractivity contribution in [1.29, 1.82) is 0 Å². The van der Waals surface area contributed by atoms with E-state index in [9.17, 15) is 39.6 Å². The van der Waals surface area contributed by atoms with Gasteiger partial charge in [0.2, 0.25) is 10.0 Å². The summed E-state index contributed by atoms with van der Waals surface area (Å²) >= 11 is 0. The van der Waals surface area contributed by atoms with E-state index in [1.54, 1.807) is 4.90 Å². The molecule has 2 amide bonds. The zero-order valence-electron chi connectivity index (χ0n) is 16.5. The van der Waals surface area contributed by atoms with E-state index in [0.29, 0.717) is 30.9 Å². The summed E-state index contributed by atoms with van der Waals surface area (Å²) in [6, 6.07) is 2.00. The van der Waals surface area contributed by atoms with Crippen molar-refractivity contribution < 1.29 is 39.6 Å². The summed E-state index contributed by atoms with van der Waals surface area (Å²) in [7, 11) is -3.91. The van der Waals surface area contributed by atoms with Crippen molar-refractivity contribution in [2.75, 3.05) is 23.3 Å². The first-order valence-corrected chi connectivity index (χ1v) is 10.8. The molecule has 2 aromatic rings. The van der Waals surface area contributed by atoms with Gasteiger partial charge in [-0.1, -0.05) is 0 Å². The Bertz CT molecular complexity index is 1100. The number of urea groups is 1. The number of sulfonamides is 1. The van der Waals surface area contributed by atoms with E-state index >= 15 is 0 Å². The van der Waals surface area contributed by atoms with Gasteiger partial charge >= 0.3 is 18.4 Å². The van der Waals surface area contributed by atoms with Crippen LogP contribution in [0, 0.1) is 0 Å². The van der Waals surface area contributed by atoms with E-state index in [1.807, 2.05) is 5.32 Å². The summed E-state index contributed by atoms with van der Waals surface area (Å²) in [5.74, 6) is 0.403. The molecule has 0 spiro atoms. The fraction of sp³-hybridized carbons (Fsp3) is 0.333. The zero-order chi connectivity index (χ0) is 24.6. The number of nitrogens with one attached hydrogen (secondary N) is 2. The molecule has 0 unspecified atom stereocenters. The van der Waals surface area contributed by atoms with Crippen LogP contribution in [-0.4, -0.2) is 38.6 Å². The molecule has 1 fully saturated rings. The predicted octanol–water partition coefficient (Wildman–Crippen LogP) is 3.17. The van der Waals surface area contributed by atoms with Crippen molar-refractivity contribution in [3.63, 3.8) is 0 Å². The Hall–Kier alpha value is -3.07. The van der Waals surface area contributed by atoms with Crippen molar-refractivity contribution >= 4 is 27.6 Å². The maximum Gasteiger partial charge on any atom is 0.416 e. The lowest BCUT2D eigenvalue weighted by Crippen LogP contribution is -2.39. The maximum absolute atomic E-state index is 12.9. The van der Waals surface area contributed by atoms with Gasteiger partial charge in [0.1, 0.15) is 10.7 Å². The fourth-order valence-electron chi connectivity index (χ4n) is 3.19. The Kier molecular flexibility index (Phi) is 6.48. The standard InChI is InChI=1S/C18H17F6N5O3S/c19-17(20,21)10-5-11(18(22,23)24)7-13(6-10)28-16(30)27-12-3-4-29(9-12)15-2-1-14(8-26-15)33(25,31)32/h1-2,5-8,12H,3-4,9H2,(H2,25,31,32)(H2,27,28,30)/t12-/m1/s1. The van der Waals surface area contributed by atoms with E-state index < -0.39 is 51.3 Å². The van der Waals surface area contributed by atoms with Crippen molar-refractivity contribution in [2.45, 2.75) is 29.7 Å². The maximum atomic E-state index is 12.9. The summed E-state index contributed by atoms with van der Waals surface area (Å²) in [5.41, 5.74) is -3.76. The van der Waals surface area contributed by atoms with Crippen LogP contribution in [0.5, 0.6) is 0 Å². The van der Waals surface area contributed by atoms with Gasteiger partial charge in [0, 0.05) is 31.0 Å². The molecule has 4 N–H and O–H groups in total. The molecule has 1 aliphatic rings. The number of amides is 2. The minimum absolute atomic E-state index is 0.0356. The zero-order valence-corrected chi connectivity index (χ0v) is 17.4. The van der Waals surface area contributed by atoms with Gasteiger partial charge in [0.25, 0.3) is 0 Å². The van der Waals surface area contributed by atoms with Gasteiger partial charge in [-0.15, -0.1) is 0 Å². The lowest BCUT2D eigenvalue weighted by molar-refractivity contribution is -0.143. The molecule has 3 rings (SSSR count). The van der Waals surface area contributed by atoms with Crippen LogP contribution in [0.15, 0.2) is 41.4 Å². The fourth-order valence-corrected chi connectivity index (χ4v) is 3.65. The van der Waals surface area contributed by atoms with E-state index in [4.69, 9.17) is 5.14 Å². The average molecular weight is 497 g/mol. The number of rotatable bonds is 4. The third-order valence-electron chi connectivity index (χ3n) is 4.74. The molecule has 15 heteroatoms. The first kappa shape index (κ1) is 24.6. The van der Waals surface area contributed by atoms with Crippen molar-refractivity contribution in [3.05, 3.63) is 47.7 Å². The van der Waals surface area contributed by atoms with E-state index in [1.165, 1.54) is 12.1 Å². The van der Waals surface area contributed by atoms with Gasteiger partial charge in [-0.2, -0.15) is 26.3 Å². The Morgan fingerprint density at radius 2 is 1.67 bits per heavy atom. The molecule has 0 saturated carbocycles. The quantitative estimate of drug-likeness (QED) is 0.561. The Labute approximate surface area is 183 Å². The number of pyridine rings is 1. The molecule has 1 saturated heterocycles. The number of nitrogens with two attached hydrogens (primary N) is 1. The smallest absolute Gasteiger partial charge is 0.354 e. The van der Waals surface area contributed by atoms with Crippen molar-refractivity contribution in [1.82, 2.24) is 10.3 Å². The predicted molar refractivity (Wildman–Crippen MR) is 105 cm³/mol. The van der Waals surface area contributed by atoms with Crippen LogP contribution in [-0.2, 0) is 22.4 Å². The second-order valence-electron chi connectivity index (χ2n) is 7.22. The molecule has 180 valence electrons. The summed E-state index contributed by atoms with van der Waals surface area (Å²) in [5, 5.41) is 9.50.